The number of ether oxygens (including phenoxy) is 1. The Kier molecular flexibility index (Phi) is 5.84. The van der Waals surface area contributed by atoms with E-state index in [1.54, 1.807) is 18.3 Å². The van der Waals surface area contributed by atoms with Crippen LogP contribution in [0.1, 0.15) is 18.1 Å². The summed E-state index contributed by atoms with van der Waals surface area (Å²) in [5.41, 5.74) is 4.42. The first-order valence-corrected chi connectivity index (χ1v) is 10.2. The first kappa shape index (κ1) is 20.4. The van der Waals surface area contributed by atoms with Gasteiger partial charge in [-0.2, -0.15) is 0 Å². The quantitative estimate of drug-likeness (QED) is 0.458. The second-order valence-corrected chi connectivity index (χ2v) is 7.47. The van der Waals surface area contributed by atoms with Gasteiger partial charge < -0.3 is 19.9 Å². The molecule has 0 saturated heterocycles. The molecule has 0 spiro atoms. The van der Waals surface area contributed by atoms with E-state index in [1.165, 1.54) is 18.1 Å². The van der Waals surface area contributed by atoms with Crippen LogP contribution in [-0.4, -0.2) is 27.0 Å². The van der Waals surface area contributed by atoms with Gasteiger partial charge in [0, 0.05) is 38.8 Å². The van der Waals surface area contributed by atoms with Gasteiger partial charge in [-0.3, -0.25) is 4.79 Å². The van der Waals surface area contributed by atoms with Gasteiger partial charge in [0.2, 0.25) is 11.9 Å². The van der Waals surface area contributed by atoms with Crippen LogP contribution in [0.5, 0.6) is 11.5 Å². The molecule has 0 atom stereocenters. The number of anilines is 2. The predicted octanol–water partition coefficient (Wildman–Crippen LogP) is 4.68. The Morgan fingerprint density at radius 3 is 2.61 bits per heavy atom. The molecule has 0 radical (unpaired) electrons. The molecule has 2 N–H and O–H groups in total. The number of hydrogen-bond acceptors (Lipinski definition) is 5. The third-order valence-corrected chi connectivity index (χ3v) is 4.94. The fraction of sp³-hybridized carbons (Fsp3) is 0.208. The molecule has 0 aliphatic carbocycles. The Morgan fingerprint density at radius 2 is 1.84 bits per heavy atom. The molecule has 31 heavy (non-hydrogen) atoms. The largest absolute Gasteiger partial charge is 0.457 e. The molecular formula is C24H25N5O2. The Bertz CT molecular complexity index is 1210. The lowest BCUT2D eigenvalue weighted by molar-refractivity contribution is -0.114. The maximum absolute atomic E-state index is 11.2. The van der Waals surface area contributed by atoms with E-state index >= 15 is 0 Å². The van der Waals surface area contributed by atoms with Gasteiger partial charge in [-0.1, -0.05) is 29.8 Å². The third-order valence-electron chi connectivity index (χ3n) is 4.94. The van der Waals surface area contributed by atoms with Crippen LogP contribution in [0.25, 0.3) is 11.0 Å². The molecule has 4 aromatic rings. The Balaban J connectivity index is 1.45. The number of nitrogens with one attached hydrogen (secondary N) is 2. The van der Waals surface area contributed by atoms with Crippen molar-refractivity contribution in [1.82, 2.24) is 14.5 Å². The van der Waals surface area contributed by atoms with Crippen LogP contribution in [0, 0.1) is 6.92 Å². The number of rotatable bonds is 7. The van der Waals surface area contributed by atoms with Gasteiger partial charge in [0.25, 0.3) is 0 Å². The van der Waals surface area contributed by atoms with Gasteiger partial charge in [0.05, 0.1) is 11.0 Å². The lowest BCUT2D eigenvalue weighted by Gasteiger charge is -2.08. The molecule has 7 heteroatoms. The number of pyridine rings is 1. The highest BCUT2D eigenvalue weighted by Crippen LogP contribution is 2.27. The summed E-state index contributed by atoms with van der Waals surface area (Å²) in [6.07, 6.45) is 2.52. The summed E-state index contributed by atoms with van der Waals surface area (Å²) < 4.78 is 7.98. The summed E-state index contributed by atoms with van der Waals surface area (Å²) in [5.74, 6) is 2.34. The molecule has 0 aliphatic rings. The molecule has 0 unspecified atom stereocenters. The summed E-state index contributed by atoms with van der Waals surface area (Å²) in [7, 11) is 1.99. The highest BCUT2D eigenvalue weighted by Gasteiger charge is 2.09. The van der Waals surface area contributed by atoms with Gasteiger partial charge in [-0.05, 0) is 37.1 Å². The molecular weight excluding hydrogens is 390 g/mol. The van der Waals surface area contributed by atoms with Crippen LogP contribution < -0.4 is 15.4 Å². The fourth-order valence-electron chi connectivity index (χ4n) is 3.33. The standard InChI is InChI=1S/C24H25N5O2/c1-16-4-6-18(7-5-16)10-12-26-24-28-21-14-19(8-9-22(21)29(24)3)31-20-11-13-25-23(15-20)27-17(2)30/h4-9,11,13-15H,10,12H2,1-3H3,(H,26,28)(H,25,27,30). The second-order valence-electron chi connectivity index (χ2n) is 7.47. The highest BCUT2D eigenvalue weighted by atomic mass is 16.5. The Morgan fingerprint density at radius 1 is 1.06 bits per heavy atom. The van der Waals surface area contributed by atoms with E-state index in [2.05, 4.69) is 46.8 Å². The summed E-state index contributed by atoms with van der Waals surface area (Å²) in [6.45, 7) is 4.33. The maximum atomic E-state index is 11.2. The number of fused-ring (bicyclic) bond motifs is 1. The average molecular weight is 415 g/mol. The number of carbonyl (C=O) groups excluding carboxylic acids is 1. The summed E-state index contributed by atoms with van der Waals surface area (Å²) in [4.78, 5) is 20.0. The molecule has 0 fully saturated rings. The number of hydrogen-bond donors (Lipinski definition) is 2. The average Bonchev–Trinajstić information content (AvgIpc) is 3.04. The van der Waals surface area contributed by atoms with Gasteiger partial charge >= 0.3 is 0 Å². The van der Waals surface area contributed by atoms with E-state index < -0.39 is 0 Å². The minimum absolute atomic E-state index is 0.179. The van der Waals surface area contributed by atoms with Crippen LogP contribution >= 0.6 is 0 Å². The SMILES string of the molecule is CC(=O)Nc1cc(Oc2ccc3c(c2)nc(NCCc2ccc(C)cc2)n3C)ccn1. The number of aromatic nitrogens is 3. The van der Waals surface area contributed by atoms with Crippen molar-refractivity contribution in [2.75, 3.05) is 17.2 Å². The van der Waals surface area contributed by atoms with E-state index in [-0.39, 0.29) is 5.91 Å². The van der Waals surface area contributed by atoms with Crippen molar-refractivity contribution < 1.29 is 9.53 Å². The van der Waals surface area contributed by atoms with Crippen molar-refractivity contribution in [3.8, 4) is 11.5 Å². The lowest BCUT2D eigenvalue weighted by Crippen LogP contribution is -2.09. The Hall–Kier alpha value is -3.87. The summed E-state index contributed by atoms with van der Waals surface area (Å²) >= 11 is 0. The van der Waals surface area contributed by atoms with E-state index in [0.29, 0.717) is 17.3 Å². The number of imidazole rings is 1. The molecule has 2 heterocycles. The molecule has 0 bridgehead atoms. The summed E-state index contributed by atoms with van der Waals surface area (Å²) in [5, 5.41) is 6.07. The van der Waals surface area contributed by atoms with Crippen molar-refractivity contribution in [3.63, 3.8) is 0 Å². The molecule has 7 nitrogen and oxygen atoms in total. The topological polar surface area (TPSA) is 81.1 Å². The molecule has 4 rings (SSSR count). The molecule has 2 aromatic heterocycles. The molecule has 0 saturated carbocycles. The second kappa shape index (κ2) is 8.87. The van der Waals surface area contributed by atoms with Crippen molar-refractivity contribution in [1.29, 1.82) is 0 Å². The van der Waals surface area contributed by atoms with Crippen LogP contribution in [0.4, 0.5) is 11.8 Å². The number of benzene rings is 2. The number of nitrogens with zero attached hydrogens (tertiary/aromatic N) is 3. The van der Waals surface area contributed by atoms with E-state index in [0.717, 1.165) is 29.9 Å². The van der Waals surface area contributed by atoms with Crippen molar-refractivity contribution in [2.45, 2.75) is 20.3 Å². The number of aryl methyl sites for hydroxylation is 2. The first-order valence-electron chi connectivity index (χ1n) is 10.2. The monoisotopic (exact) mass is 415 g/mol. The highest BCUT2D eigenvalue weighted by molar-refractivity contribution is 5.87. The smallest absolute Gasteiger partial charge is 0.222 e. The van der Waals surface area contributed by atoms with Crippen molar-refractivity contribution >= 4 is 28.7 Å². The minimum atomic E-state index is -0.179. The van der Waals surface area contributed by atoms with Gasteiger partial charge in [-0.25, -0.2) is 9.97 Å². The Labute approximate surface area is 181 Å². The van der Waals surface area contributed by atoms with Crippen LogP contribution in [-0.2, 0) is 18.3 Å². The lowest BCUT2D eigenvalue weighted by atomic mass is 10.1. The van der Waals surface area contributed by atoms with Gasteiger partial charge in [0.15, 0.2) is 0 Å². The van der Waals surface area contributed by atoms with E-state index in [9.17, 15) is 4.79 Å². The third kappa shape index (κ3) is 5.01. The molecule has 0 aliphatic heterocycles. The molecule has 2 aromatic carbocycles. The van der Waals surface area contributed by atoms with Gasteiger partial charge in [-0.15, -0.1) is 0 Å². The normalized spacial score (nSPS) is 10.8. The summed E-state index contributed by atoms with van der Waals surface area (Å²) in [6, 6.07) is 17.8. The fourth-order valence-corrected chi connectivity index (χ4v) is 3.33. The number of carbonyl (C=O) groups is 1. The van der Waals surface area contributed by atoms with Crippen molar-refractivity contribution in [3.05, 3.63) is 71.9 Å². The zero-order valence-corrected chi connectivity index (χ0v) is 17.8. The zero-order valence-electron chi connectivity index (χ0n) is 17.8. The van der Waals surface area contributed by atoms with Crippen LogP contribution in [0.3, 0.4) is 0 Å². The van der Waals surface area contributed by atoms with E-state index in [4.69, 9.17) is 9.72 Å². The van der Waals surface area contributed by atoms with E-state index in [1.807, 2.05) is 29.8 Å². The minimum Gasteiger partial charge on any atom is -0.457 e. The predicted molar refractivity (Wildman–Crippen MR) is 123 cm³/mol. The zero-order chi connectivity index (χ0) is 21.8. The number of amides is 1. The molecule has 158 valence electrons. The van der Waals surface area contributed by atoms with Crippen LogP contribution in [0.2, 0.25) is 0 Å². The first-order chi connectivity index (χ1) is 15.0. The van der Waals surface area contributed by atoms with Gasteiger partial charge in [0.1, 0.15) is 17.3 Å². The van der Waals surface area contributed by atoms with Crippen molar-refractivity contribution in [2.24, 2.45) is 7.05 Å². The molecule has 1 amide bonds. The maximum Gasteiger partial charge on any atom is 0.222 e. The van der Waals surface area contributed by atoms with Crippen LogP contribution in [0.15, 0.2) is 60.8 Å².